The predicted octanol–water partition coefficient (Wildman–Crippen LogP) is 2.23. The lowest BCUT2D eigenvalue weighted by molar-refractivity contribution is -0.143. The van der Waals surface area contributed by atoms with Crippen LogP contribution < -0.4 is 0 Å². The molecule has 0 unspecified atom stereocenters. The highest BCUT2D eigenvalue weighted by Crippen LogP contribution is 2.20. The number of hydrogen-bond acceptors (Lipinski definition) is 2. The van der Waals surface area contributed by atoms with E-state index in [1.54, 1.807) is 11.0 Å². The number of likely N-dealkylation sites (tertiary alicyclic amines) is 1. The summed E-state index contributed by atoms with van der Waals surface area (Å²) < 4.78 is 0.901. The van der Waals surface area contributed by atoms with Crippen molar-refractivity contribution in [2.75, 3.05) is 13.1 Å². The fourth-order valence-corrected chi connectivity index (χ4v) is 2.79. The van der Waals surface area contributed by atoms with E-state index in [4.69, 9.17) is 5.11 Å². The van der Waals surface area contributed by atoms with Crippen LogP contribution in [0.1, 0.15) is 23.2 Å². The third kappa shape index (κ3) is 2.82. The van der Waals surface area contributed by atoms with Gasteiger partial charge in [0.2, 0.25) is 0 Å². The molecule has 0 radical (unpaired) electrons. The number of hydrogen-bond donors (Lipinski definition) is 1. The van der Waals surface area contributed by atoms with Crippen LogP contribution in [0.5, 0.6) is 0 Å². The first-order chi connectivity index (χ1) is 8.59. The molecule has 1 heterocycles. The van der Waals surface area contributed by atoms with Crippen molar-refractivity contribution in [3.63, 3.8) is 0 Å². The summed E-state index contributed by atoms with van der Waals surface area (Å²) in [5.41, 5.74) is 0.657. The molecule has 0 spiro atoms. The van der Waals surface area contributed by atoms with Gasteiger partial charge in [-0.25, -0.2) is 0 Å². The molecule has 4 nitrogen and oxygen atoms in total. The quantitative estimate of drug-likeness (QED) is 0.824. The average molecular weight is 359 g/mol. The van der Waals surface area contributed by atoms with Gasteiger partial charge in [-0.15, -0.1) is 0 Å². The molecule has 1 N–H and O–H groups in total. The molecule has 18 heavy (non-hydrogen) atoms. The Morgan fingerprint density at radius 1 is 1.33 bits per heavy atom. The summed E-state index contributed by atoms with van der Waals surface area (Å²) in [4.78, 5) is 25.0. The minimum absolute atomic E-state index is 0.0639. The Morgan fingerprint density at radius 2 is 2.06 bits per heavy atom. The molecule has 0 aromatic heterocycles. The van der Waals surface area contributed by atoms with Crippen LogP contribution in [-0.4, -0.2) is 35.0 Å². The molecule has 1 amide bonds. The molecule has 1 aliphatic rings. The van der Waals surface area contributed by atoms with Gasteiger partial charge >= 0.3 is 5.97 Å². The van der Waals surface area contributed by atoms with Gasteiger partial charge in [-0.2, -0.15) is 0 Å². The van der Waals surface area contributed by atoms with Crippen molar-refractivity contribution < 1.29 is 14.7 Å². The number of halogens is 1. The van der Waals surface area contributed by atoms with Crippen molar-refractivity contribution in [2.24, 2.45) is 5.92 Å². The molecule has 1 fully saturated rings. The first-order valence-corrected chi connectivity index (χ1v) is 6.94. The summed E-state index contributed by atoms with van der Waals surface area (Å²) in [6, 6.07) is 7.38. The van der Waals surface area contributed by atoms with Crippen LogP contribution in [-0.2, 0) is 4.79 Å². The first kappa shape index (κ1) is 13.3. The Kier molecular flexibility index (Phi) is 4.21. The first-order valence-electron chi connectivity index (χ1n) is 5.86. The van der Waals surface area contributed by atoms with Crippen molar-refractivity contribution in [3.8, 4) is 0 Å². The average Bonchev–Trinajstić information content (AvgIpc) is 2.38. The van der Waals surface area contributed by atoms with E-state index in [0.717, 1.165) is 9.99 Å². The summed E-state index contributed by atoms with van der Waals surface area (Å²) in [7, 11) is 0. The Balaban J connectivity index is 2.14. The number of nitrogens with zero attached hydrogens (tertiary/aromatic N) is 1. The highest BCUT2D eigenvalue weighted by atomic mass is 127. The summed E-state index contributed by atoms with van der Waals surface area (Å²) in [5.74, 6) is -1.30. The molecule has 1 aromatic rings. The van der Waals surface area contributed by atoms with Gasteiger partial charge in [-0.05, 0) is 47.6 Å². The maximum absolute atomic E-state index is 12.3. The monoisotopic (exact) mass is 359 g/mol. The minimum atomic E-state index is -0.810. The van der Waals surface area contributed by atoms with Gasteiger partial charge in [0.05, 0.1) is 11.5 Å². The number of carboxylic acids is 1. The van der Waals surface area contributed by atoms with Crippen molar-refractivity contribution >= 4 is 34.5 Å². The van der Waals surface area contributed by atoms with E-state index in [1.165, 1.54) is 0 Å². The molecule has 0 bridgehead atoms. The topological polar surface area (TPSA) is 57.6 Å². The predicted molar refractivity (Wildman–Crippen MR) is 75.4 cm³/mol. The van der Waals surface area contributed by atoms with Crippen LogP contribution in [0.15, 0.2) is 24.3 Å². The van der Waals surface area contributed by atoms with Crippen LogP contribution in [0.2, 0.25) is 0 Å². The second-order valence-corrected chi connectivity index (χ2v) is 5.57. The number of rotatable bonds is 2. The molecule has 1 aliphatic heterocycles. The Bertz CT molecular complexity index is 475. The second kappa shape index (κ2) is 5.69. The van der Waals surface area contributed by atoms with Gasteiger partial charge < -0.3 is 10.0 Å². The van der Waals surface area contributed by atoms with E-state index in [2.05, 4.69) is 22.6 Å². The highest BCUT2D eigenvalue weighted by Gasteiger charge is 2.29. The molecule has 96 valence electrons. The maximum Gasteiger partial charge on any atom is 0.308 e. The van der Waals surface area contributed by atoms with Crippen LogP contribution in [0.4, 0.5) is 0 Å². The van der Waals surface area contributed by atoms with E-state index in [9.17, 15) is 9.59 Å². The van der Waals surface area contributed by atoms with Gasteiger partial charge in [-0.3, -0.25) is 9.59 Å². The Labute approximate surface area is 119 Å². The number of carbonyl (C=O) groups is 2. The molecule has 0 saturated carbocycles. The lowest BCUT2D eigenvalue weighted by Gasteiger charge is -2.31. The summed E-state index contributed by atoms with van der Waals surface area (Å²) in [5, 5.41) is 9.02. The standard InChI is InChI=1S/C13H14INO3/c14-11-6-2-1-5-10(11)12(16)15-7-3-4-9(8-15)13(17)18/h1-2,5-6,9H,3-4,7-8H2,(H,17,18)/t9-/m0/s1. The number of benzene rings is 1. The number of aliphatic carboxylic acids is 1. The number of carboxylic acid groups (broad SMARTS) is 1. The zero-order chi connectivity index (χ0) is 13.1. The van der Waals surface area contributed by atoms with Crippen molar-refractivity contribution in [1.82, 2.24) is 4.90 Å². The third-order valence-electron chi connectivity index (χ3n) is 3.16. The molecule has 2 rings (SSSR count). The lowest BCUT2D eigenvalue weighted by atomic mass is 9.97. The molecule has 5 heteroatoms. The van der Waals surface area contributed by atoms with Gasteiger partial charge in [0.15, 0.2) is 0 Å². The SMILES string of the molecule is O=C(O)[C@H]1CCCN(C(=O)c2ccccc2I)C1. The summed E-state index contributed by atoms with van der Waals surface area (Å²) >= 11 is 2.13. The molecule has 1 saturated heterocycles. The van der Waals surface area contributed by atoms with Crippen LogP contribution >= 0.6 is 22.6 Å². The van der Waals surface area contributed by atoms with E-state index in [0.29, 0.717) is 25.1 Å². The van der Waals surface area contributed by atoms with Crippen molar-refractivity contribution in [3.05, 3.63) is 33.4 Å². The van der Waals surface area contributed by atoms with Crippen molar-refractivity contribution in [1.29, 1.82) is 0 Å². The van der Waals surface area contributed by atoms with Gasteiger partial charge in [0.25, 0.3) is 5.91 Å². The second-order valence-electron chi connectivity index (χ2n) is 4.41. The molecular weight excluding hydrogens is 345 g/mol. The normalized spacial score (nSPS) is 19.6. The van der Waals surface area contributed by atoms with Crippen LogP contribution in [0, 0.1) is 9.49 Å². The Hall–Kier alpha value is -1.11. The van der Waals surface area contributed by atoms with Crippen LogP contribution in [0.3, 0.4) is 0 Å². The fourth-order valence-electron chi connectivity index (χ4n) is 2.17. The smallest absolute Gasteiger partial charge is 0.308 e. The lowest BCUT2D eigenvalue weighted by Crippen LogP contribution is -2.42. The molecule has 1 aromatic carbocycles. The molecule has 0 aliphatic carbocycles. The summed E-state index contributed by atoms with van der Waals surface area (Å²) in [6.07, 6.45) is 1.41. The molecular formula is C13H14INO3. The highest BCUT2D eigenvalue weighted by molar-refractivity contribution is 14.1. The van der Waals surface area contributed by atoms with E-state index in [-0.39, 0.29) is 5.91 Å². The number of piperidine rings is 1. The fraction of sp³-hybridized carbons (Fsp3) is 0.385. The van der Waals surface area contributed by atoms with E-state index < -0.39 is 11.9 Å². The largest absolute Gasteiger partial charge is 0.481 e. The van der Waals surface area contributed by atoms with Gasteiger partial charge in [-0.1, -0.05) is 12.1 Å². The Morgan fingerprint density at radius 3 is 2.72 bits per heavy atom. The van der Waals surface area contributed by atoms with Gasteiger partial charge in [0.1, 0.15) is 0 Å². The zero-order valence-electron chi connectivity index (χ0n) is 9.80. The van der Waals surface area contributed by atoms with Crippen molar-refractivity contribution in [2.45, 2.75) is 12.8 Å². The van der Waals surface area contributed by atoms with E-state index >= 15 is 0 Å². The van der Waals surface area contributed by atoms with Gasteiger partial charge in [0, 0.05) is 16.7 Å². The third-order valence-corrected chi connectivity index (χ3v) is 4.10. The maximum atomic E-state index is 12.3. The minimum Gasteiger partial charge on any atom is -0.481 e. The zero-order valence-corrected chi connectivity index (χ0v) is 12.0. The number of carbonyl (C=O) groups excluding carboxylic acids is 1. The van der Waals surface area contributed by atoms with E-state index in [1.807, 2.05) is 18.2 Å². The summed E-state index contributed by atoms with van der Waals surface area (Å²) in [6.45, 7) is 0.965. The molecule has 1 atom stereocenters. The van der Waals surface area contributed by atoms with Crippen LogP contribution in [0.25, 0.3) is 0 Å². The number of amides is 1.